The summed E-state index contributed by atoms with van der Waals surface area (Å²) >= 11 is 3.12. The molecule has 0 saturated heterocycles. The predicted molar refractivity (Wildman–Crippen MR) is 66.3 cm³/mol. The third-order valence-corrected chi connectivity index (χ3v) is 2.50. The minimum absolute atomic E-state index is 0.135. The van der Waals surface area contributed by atoms with Gasteiger partial charge in [-0.05, 0) is 13.0 Å². The summed E-state index contributed by atoms with van der Waals surface area (Å²) in [5.41, 5.74) is 0.143. The number of hydrogen-bond donors (Lipinski definition) is 1. The molecule has 0 aliphatic carbocycles. The maximum absolute atomic E-state index is 11.5. The van der Waals surface area contributed by atoms with Gasteiger partial charge in [0.2, 0.25) is 0 Å². The van der Waals surface area contributed by atoms with Crippen molar-refractivity contribution in [2.45, 2.75) is 6.92 Å². The number of carbonyl (C=O) groups excluding carboxylic acids is 1. The highest BCUT2D eigenvalue weighted by molar-refractivity contribution is 9.10. The first-order valence-corrected chi connectivity index (χ1v) is 5.60. The van der Waals surface area contributed by atoms with Gasteiger partial charge < -0.3 is 10.1 Å². The smallest absolute Gasteiger partial charge is 0.340 e. The lowest BCUT2D eigenvalue weighted by Crippen LogP contribution is -2.10. The molecule has 1 aromatic rings. The van der Waals surface area contributed by atoms with Crippen LogP contribution in [0, 0.1) is 10.1 Å². The molecule has 0 spiro atoms. The van der Waals surface area contributed by atoms with E-state index < -0.39 is 10.9 Å². The van der Waals surface area contributed by atoms with E-state index in [1.165, 1.54) is 19.2 Å². The second kappa shape index (κ2) is 5.62. The number of methoxy groups -OCH3 is 1. The first kappa shape index (κ1) is 13.4. The molecule has 0 heterocycles. The van der Waals surface area contributed by atoms with Crippen LogP contribution in [0.3, 0.4) is 0 Å². The lowest BCUT2D eigenvalue weighted by molar-refractivity contribution is -0.384. The Bertz CT molecular complexity index is 462. The van der Waals surface area contributed by atoms with Crippen molar-refractivity contribution in [3.8, 4) is 0 Å². The Morgan fingerprint density at radius 1 is 1.59 bits per heavy atom. The first-order chi connectivity index (χ1) is 8.01. The Morgan fingerprint density at radius 3 is 2.71 bits per heavy atom. The van der Waals surface area contributed by atoms with Gasteiger partial charge >= 0.3 is 5.97 Å². The van der Waals surface area contributed by atoms with Crippen LogP contribution in [0.2, 0.25) is 0 Å². The Kier molecular flexibility index (Phi) is 4.45. The summed E-state index contributed by atoms with van der Waals surface area (Å²) in [7, 11) is 1.23. The lowest BCUT2D eigenvalue weighted by Gasteiger charge is -2.10. The van der Waals surface area contributed by atoms with Gasteiger partial charge in [-0.3, -0.25) is 10.1 Å². The van der Waals surface area contributed by atoms with Gasteiger partial charge in [0, 0.05) is 17.1 Å². The van der Waals surface area contributed by atoms with Crippen molar-refractivity contribution < 1.29 is 14.5 Å². The molecular weight excluding hydrogens is 292 g/mol. The summed E-state index contributed by atoms with van der Waals surface area (Å²) < 4.78 is 5.04. The van der Waals surface area contributed by atoms with Crippen molar-refractivity contribution in [1.82, 2.24) is 0 Å². The number of hydrogen-bond acceptors (Lipinski definition) is 5. The number of esters is 1. The van der Waals surface area contributed by atoms with E-state index in [1.807, 2.05) is 0 Å². The van der Waals surface area contributed by atoms with Crippen LogP contribution in [-0.2, 0) is 4.74 Å². The molecule has 1 aromatic carbocycles. The fraction of sp³-hybridized carbons (Fsp3) is 0.300. The molecule has 6 nitrogen and oxygen atoms in total. The summed E-state index contributed by atoms with van der Waals surface area (Å²) in [4.78, 5) is 21.9. The van der Waals surface area contributed by atoms with Gasteiger partial charge in [0.05, 0.1) is 17.6 Å². The standard InChI is InChI=1S/C10H11BrN2O4/c1-3-12-9-7(10(14)17-2)4-6(11)5-8(9)13(15)16/h4-5,12H,3H2,1-2H3. The highest BCUT2D eigenvalue weighted by Crippen LogP contribution is 2.32. The molecule has 0 aromatic heterocycles. The van der Waals surface area contributed by atoms with Crippen LogP contribution >= 0.6 is 15.9 Å². The number of nitro groups is 1. The molecule has 1 rings (SSSR count). The SMILES string of the molecule is CCNc1c(C(=O)OC)cc(Br)cc1[N+](=O)[O-]. The number of carbonyl (C=O) groups is 1. The fourth-order valence-corrected chi connectivity index (χ4v) is 1.82. The number of rotatable bonds is 4. The Morgan fingerprint density at radius 2 is 2.24 bits per heavy atom. The average molecular weight is 303 g/mol. The Labute approximate surface area is 106 Å². The van der Waals surface area contributed by atoms with Crippen LogP contribution in [0.15, 0.2) is 16.6 Å². The van der Waals surface area contributed by atoms with E-state index in [1.54, 1.807) is 6.92 Å². The molecular formula is C10H11BrN2O4. The topological polar surface area (TPSA) is 81.5 Å². The zero-order valence-corrected chi connectivity index (χ0v) is 10.9. The normalized spacial score (nSPS) is 9.82. The van der Waals surface area contributed by atoms with Crippen LogP contribution in [0.25, 0.3) is 0 Å². The maximum atomic E-state index is 11.5. The number of benzene rings is 1. The largest absolute Gasteiger partial charge is 0.465 e. The number of nitrogens with one attached hydrogen (secondary N) is 1. The summed E-state index contributed by atoms with van der Waals surface area (Å²) in [6, 6.07) is 2.82. The number of ether oxygens (including phenoxy) is 1. The van der Waals surface area contributed by atoms with Crippen LogP contribution < -0.4 is 5.32 Å². The van der Waals surface area contributed by atoms with Gasteiger partial charge in [-0.1, -0.05) is 15.9 Å². The Balaban J connectivity index is 3.45. The minimum atomic E-state index is -0.620. The molecule has 0 radical (unpaired) electrons. The second-order valence-electron chi connectivity index (χ2n) is 3.13. The van der Waals surface area contributed by atoms with Gasteiger partial charge in [0.1, 0.15) is 5.69 Å². The van der Waals surface area contributed by atoms with E-state index in [0.29, 0.717) is 11.0 Å². The molecule has 0 saturated carbocycles. The maximum Gasteiger partial charge on any atom is 0.340 e. The molecule has 0 amide bonds. The molecule has 0 aliphatic rings. The van der Waals surface area contributed by atoms with Crippen LogP contribution in [0.5, 0.6) is 0 Å². The number of anilines is 1. The van der Waals surface area contributed by atoms with Gasteiger partial charge in [0.15, 0.2) is 0 Å². The highest BCUT2D eigenvalue weighted by atomic mass is 79.9. The molecule has 0 aliphatic heterocycles. The van der Waals surface area contributed by atoms with Gasteiger partial charge in [-0.2, -0.15) is 0 Å². The molecule has 17 heavy (non-hydrogen) atoms. The zero-order valence-electron chi connectivity index (χ0n) is 9.32. The molecule has 0 atom stereocenters. The predicted octanol–water partition coefficient (Wildman–Crippen LogP) is 2.58. The van der Waals surface area contributed by atoms with Gasteiger partial charge in [-0.25, -0.2) is 4.79 Å². The quantitative estimate of drug-likeness (QED) is 0.525. The Hall–Kier alpha value is -1.63. The average Bonchev–Trinajstić information content (AvgIpc) is 2.29. The van der Waals surface area contributed by atoms with E-state index in [0.717, 1.165) is 0 Å². The van der Waals surface area contributed by atoms with Crippen LogP contribution in [0.4, 0.5) is 11.4 Å². The van der Waals surface area contributed by atoms with Crippen molar-refractivity contribution in [3.63, 3.8) is 0 Å². The molecule has 7 heteroatoms. The van der Waals surface area contributed by atoms with Crippen molar-refractivity contribution in [2.75, 3.05) is 19.0 Å². The van der Waals surface area contributed by atoms with E-state index in [4.69, 9.17) is 0 Å². The van der Waals surface area contributed by atoms with Crippen molar-refractivity contribution in [1.29, 1.82) is 0 Å². The second-order valence-corrected chi connectivity index (χ2v) is 4.04. The third-order valence-electron chi connectivity index (χ3n) is 2.04. The lowest BCUT2D eigenvalue weighted by atomic mass is 10.1. The van der Waals surface area contributed by atoms with Crippen molar-refractivity contribution >= 4 is 33.3 Å². The molecule has 92 valence electrons. The van der Waals surface area contributed by atoms with Crippen LogP contribution in [-0.4, -0.2) is 24.5 Å². The van der Waals surface area contributed by atoms with Crippen LogP contribution in [0.1, 0.15) is 17.3 Å². The monoisotopic (exact) mass is 302 g/mol. The zero-order chi connectivity index (χ0) is 13.0. The van der Waals surface area contributed by atoms with E-state index in [-0.39, 0.29) is 16.9 Å². The summed E-state index contributed by atoms with van der Waals surface area (Å²) in [5.74, 6) is -0.620. The minimum Gasteiger partial charge on any atom is -0.465 e. The summed E-state index contributed by atoms with van der Waals surface area (Å²) in [6.45, 7) is 2.25. The van der Waals surface area contributed by atoms with Gasteiger partial charge in [0.25, 0.3) is 5.69 Å². The third kappa shape index (κ3) is 2.94. The number of halogens is 1. The summed E-state index contributed by atoms with van der Waals surface area (Å²) in [6.07, 6.45) is 0. The number of nitrogens with zero attached hydrogens (tertiary/aromatic N) is 1. The molecule has 0 fully saturated rings. The fourth-order valence-electron chi connectivity index (χ4n) is 1.37. The van der Waals surface area contributed by atoms with Gasteiger partial charge in [-0.15, -0.1) is 0 Å². The van der Waals surface area contributed by atoms with E-state index in [2.05, 4.69) is 26.0 Å². The number of nitro benzene ring substituents is 1. The van der Waals surface area contributed by atoms with Crippen molar-refractivity contribution in [3.05, 3.63) is 32.3 Å². The first-order valence-electron chi connectivity index (χ1n) is 4.81. The molecule has 0 bridgehead atoms. The summed E-state index contributed by atoms with van der Waals surface area (Å²) in [5, 5.41) is 13.7. The van der Waals surface area contributed by atoms with E-state index in [9.17, 15) is 14.9 Å². The van der Waals surface area contributed by atoms with Crippen molar-refractivity contribution in [2.24, 2.45) is 0 Å². The molecule has 1 N–H and O–H groups in total. The van der Waals surface area contributed by atoms with E-state index >= 15 is 0 Å². The molecule has 0 unspecified atom stereocenters. The highest BCUT2D eigenvalue weighted by Gasteiger charge is 2.23.